The van der Waals surface area contributed by atoms with Gasteiger partial charge in [0, 0.05) is 0 Å². The maximum Gasteiger partial charge on any atom is 0.118 e. The highest BCUT2D eigenvalue weighted by Gasteiger charge is 1.96. The Bertz CT molecular complexity index is 512. The molecule has 0 aliphatic rings. The number of aryl methyl sites for hydroxylation is 1. The topological polar surface area (TPSA) is 20.2 Å². The molecule has 0 saturated heterocycles. The minimum absolute atomic E-state index is 0.362. The molecule has 0 aliphatic heterocycles. The second-order valence-electron chi connectivity index (χ2n) is 4.14. The summed E-state index contributed by atoms with van der Waals surface area (Å²) < 4.78 is 0. The van der Waals surface area contributed by atoms with Gasteiger partial charge in [-0.1, -0.05) is 54.6 Å². The lowest BCUT2D eigenvalue weighted by Gasteiger charge is -2.01. The van der Waals surface area contributed by atoms with Crippen molar-refractivity contribution in [2.24, 2.45) is 0 Å². The molecule has 2 aromatic carbocycles. The van der Waals surface area contributed by atoms with Crippen LogP contribution in [0.1, 0.15) is 16.7 Å². The monoisotopic (exact) mass is 224 g/mol. The number of rotatable bonds is 3. The lowest BCUT2D eigenvalue weighted by atomic mass is 10.1. The van der Waals surface area contributed by atoms with Gasteiger partial charge >= 0.3 is 0 Å². The summed E-state index contributed by atoms with van der Waals surface area (Å²) in [6.45, 7) is 1.92. The average Bonchev–Trinajstić information content (AvgIpc) is 2.35. The fourth-order valence-corrected chi connectivity index (χ4v) is 1.74. The van der Waals surface area contributed by atoms with Gasteiger partial charge < -0.3 is 5.11 Å². The number of phenols is 1. The van der Waals surface area contributed by atoms with Crippen molar-refractivity contribution in [1.29, 1.82) is 0 Å². The lowest BCUT2D eigenvalue weighted by molar-refractivity contribution is 0.471. The van der Waals surface area contributed by atoms with E-state index in [1.165, 1.54) is 11.1 Å². The van der Waals surface area contributed by atoms with Crippen LogP contribution in [-0.4, -0.2) is 5.11 Å². The summed E-state index contributed by atoms with van der Waals surface area (Å²) in [5, 5.41) is 9.43. The molecular weight excluding hydrogens is 208 g/mol. The predicted octanol–water partition coefficient (Wildman–Crippen LogP) is 3.96. The molecule has 0 saturated carbocycles. The summed E-state index contributed by atoms with van der Waals surface area (Å²) >= 11 is 0. The van der Waals surface area contributed by atoms with Gasteiger partial charge in [0.05, 0.1) is 0 Å². The highest BCUT2D eigenvalue weighted by atomic mass is 16.3. The van der Waals surface area contributed by atoms with Crippen molar-refractivity contribution in [3.63, 3.8) is 0 Å². The number of phenolic OH excluding ortho intramolecular Hbond substituents is 1. The molecule has 0 aliphatic carbocycles. The molecule has 0 bridgehead atoms. The highest BCUT2D eigenvalue weighted by molar-refractivity contribution is 5.49. The van der Waals surface area contributed by atoms with Gasteiger partial charge in [-0.05, 0) is 36.1 Å². The van der Waals surface area contributed by atoms with Gasteiger partial charge in [0.1, 0.15) is 5.75 Å². The fraction of sp³-hybridized carbons (Fsp3) is 0.125. The zero-order valence-corrected chi connectivity index (χ0v) is 9.93. The molecule has 0 atom stereocenters. The highest BCUT2D eigenvalue weighted by Crippen LogP contribution is 2.17. The van der Waals surface area contributed by atoms with E-state index in [9.17, 15) is 5.11 Å². The summed E-state index contributed by atoms with van der Waals surface area (Å²) in [5.74, 6) is 0.362. The van der Waals surface area contributed by atoms with Gasteiger partial charge in [-0.15, -0.1) is 0 Å². The molecule has 2 aromatic rings. The second-order valence-corrected chi connectivity index (χ2v) is 4.14. The van der Waals surface area contributed by atoms with Crippen molar-refractivity contribution in [1.82, 2.24) is 0 Å². The lowest BCUT2D eigenvalue weighted by Crippen LogP contribution is -1.83. The van der Waals surface area contributed by atoms with Crippen molar-refractivity contribution >= 4 is 6.08 Å². The zero-order chi connectivity index (χ0) is 12.1. The molecule has 0 amide bonds. The van der Waals surface area contributed by atoms with Crippen LogP contribution in [0.5, 0.6) is 5.75 Å². The maximum absolute atomic E-state index is 9.43. The van der Waals surface area contributed by atoms with E-state index in [0.29, 0.717) is 5.75 Å². The third kappa shape index (κ3) is 3.22. The van der Waals surface area contributed by atoms with Crippen LogP contribution >= 0.6 is 0 Å². The molecule has 0 aromatic heterocycles. The van der Waals surface area contributed by atoms with E-state index >= 15 is 0 Å². The normalized spacial score (nSPS) is 10.9. The largest absolute Gasteiger partial charge is 0.508 e. The molecule has 17 heavy (non-hydrogen) atoms. The van der Waals surface area contributed by atoms with Gasteiger partial charge in [0.15, 0.2) is 0 Å². The Morgan fingerprint density at radius 2 is 1.82 bits per heavy atom. The molecule has 0 unspecified atom stereocenters. The molecule has 0 spiro atoms. The molecule has 0 radical (unpaired) electrons. The van der Waals surface area contributed by atoms with Crippen LogP contribution in [0.15, 0.2) is 54.6 Å². The van der Waals surface area contributed by atoms with Crippen LogP contribution in [0, 0.1) is 6.92 Å². The van der Waals surface area contributed by atoms with Gasteiger partial charge in [0.25, 0.3) is 0 Å². The third-order valence-corrected chi connectivity index (χ3v) is 2.72. The van der Waals surface area contributed by atoms with Crippen molar-refractivity contribution in [3.8, 4) is 5.75 Å². The van der Waals surface area contributed by atoms with Crippen LogP contribution < -0.4 is 0 Å². The van der Waals surface area contributed by atoms with Crippen LogP contribution in [-0.2, 0) is 6.42 Å². The van der Waals surface area contributed by atoms with Gasteiger partial charge in [-0.25, -0.2) is 0 Å². The summed E-state index contributed by atoms with van der Waals surface area (Å²) in [4.78, 5) is 0. The Morgan fingerprint density at radius 3 is 2.53 bits per heavy atom. The predicted molar refractivity (Wildman–Crippen MR) is 72.0 cm³/mol. The Morgan fingerprint density at radius 1 is 1.06 bits per heavy atom. The maximum atomic E-state index is 9.43. The van der Waals surface area contributed by atoms with Crippen molar-refractivity contribution in [3.05, 3.63) is 71.3 Å². The quantitative estimate of drug-likeness (QED) is 0.836. The molecule has 86 valence electrons. The van der Waals surface area contributed by atoms with Crippen LogP contribution in [0.2, 0.25) is 0 Å². The number of aromatic hydroxyl groups is 1. The number of hydrogen-bond acceptors (Lipinski definition) is 1. The summed E-state index contributed by atoms with van der Waals surface area (Å²) in [7, 11) is 0. The molecule has 1 heteroatoms. The van der Waals surface area contributed by atoms with Crippen molar-refractivity contribution in [2.75, 3.05) is 0 Å². The Balaban J connectivity index is 2.03. The number of benzene rings is 2. The first-order chi connectivity index (χ1) is 8.25. The van der Waals surface area contributed by atoms with Crippen molar-refractivity contribution < 1.29 is 5.11 Å². The van der Waals surface area contributed by atoms with E-state index in [2.05, 4.69) is 24.3 Å². The summed E-state index contributed by atoms with van der Waals surface area (Å²) in [6, 6.07) is 16.0. The Labute approximate surface area is 102 Å². The molecule has 0 heterocycles. The van der Waals surface area contributed by atoms with E-state index in [1.807, 2.05) is 37.3 Å². The minimum Gasteiger partial charge on any atom is -0.508 e. The smallest absolute Gasteiger partial charge is 0.118 e. The summed E-state index contributed by atoms with van der Waals surface area (Å²) in [6.07, 6.45) is 5.14. The van der Waals surface area contributed by atoms with E-state index in [-0.39, 0.29) is 0 Å². The Hall–Kier alpha value is -2.02. The van der Waals surface area contributed by atoms with E-state index in [4.69, 9.17) is 0 Å². The van der Waals surface area contributed by atoms with Crippen LogP contribution in [0.3, 0.4) is 0 Å². The van der Waals surface area contributed by atoms with Gasteiger partial charge in [0.2, 0.25) is 0 Å². The second kappa shape index (κ2) is 5.35. The van der Waals surface area contributed by atoms with E-state index in [1.54, 1.807) is 6.07 Å². The standard InChI is InChI=1S/C16H16O/c1-13-12-15(10-11-16(13)17)9-5-8-14-6-3-2-4-7-14/h2-8,10-12,17H,9H2,1H3/b8-5+. The number of hydrogen-bond donors (Lipinski definition) is 1. The van der Waals surface area contributed by atoms with Crippen LogP contribution in [0.25, 0.3) is 6.08 Å². The van der Waals surface area contributed by atoms with E-state index in [0.717, 1.165) is 12.0 Å². The van der Waals surface area contributed by atoms with Crippen LogP contribution in [0.4, 0.5) is 0 Å². The first-order valence-corrected chi connectivity index (χ1v) is 5.76. The third-order valence-electron chi connectivity index (χ3n) is 2.72. The first-order valence-electron chi connectivity index (χ1n) is 5.76. The zero-order valence-electron chi connectivity index (χ0n) is 9.93. The van der Waals surface area contributed by atoms with Crippen molar-refractivity contribution in [2.45, 2.75) is 13.3 Å². The SMILES string of the molecule is Cc1cc(C/C=C/c2ccccc2)ccc1O. The molecule has 0 fully saturated rings. The average molecular weight is 224 g/mol. The minimum atomic E-state index is 0.362. The molecule has 2 rings (SSSR count). The fourth-order valence-electron chi connectivity index (χ4n) is 1.74. The molecule has 1 nitrogen and oxygen atoms in total. The molecular formula is C16H16O. The Kier molecular flexibility index (Phi) is 3.61. The summed E-state index contributed by atoms with van der Waals surface area (Å²) in [5.41, 5.74) is 3.35. The first kappa shape index (κ1) is 11.5. The number of allylic oxidation sites excluding steroid dienone is 1. The van der Waals surface area contributed by atoms with E-state index < -0.39 is 0 Å². The van der Waals surface area contributed by atoms with Gasteiger partial charge in [-0.2, -0.15) is 0 Å². The molecule has 1 N–H and O–H groups in total. The van der Waals surface area contributed by atoms with Gasteiger partial charge in [-0.3, -0.25) is 0 Å².